The normalized spacial score (nSPS) is 23.9. The molecule has 22 heavy (non-hydrogen) atoms. The molecule has 0 aliphatic carbocycles. The van der Waals surface area contributed by atoms with E-state index in [-0.39, 0.29) is 11.1 Å². The number of carbonyl (C=O) groups excluding carboxylic acids is 2. The van der Waals surface area contributed by atoms with E-state index in [0.29, 0.717) is 5.30 Å². The average molecular weight is 324 g/mol. The molecule has 0 bridgehead atoms. The lowest BCUT2D eigenvalue weighted by Gasteiger charge is -2.22. The number of ether oxygens (including phenoxy) is 2. The van der Waals surface area contributed by atoms with Gasteiger partial charge in [0.25, 0.3) is 7.37 Å². The second-order valence-electron chi connectivity index (χ2n) is 4.93. The van der Waals surface area contributed by atoms with Gasteiger partial charge in [-0.25, -0.2) is 4.79 Å². The van der Waals surface area contributed by atoms with Gasteiger partial charge in [-0.1, -0.05) is 18.2 Å². The number of carbonyl (C=O) groups is 2. The van der Waals surface area contributed by atoms with Crippen molar-refractivity contribution >= 4 is 24.4 Å². The molecule has 2 rings (SSSR count). The van der Waals surface area contributed by atoms with Crippen molar-refractivity contribution < 1.29 is 28.2 Å². The largest absolute Gasteiger partial charge is 0.495 e. The molecular weight excluding hydrogens is 307 g/mol. The smallest absolute Gasteiger partial charge is 0.349 e. The van der Waals surface area contributed by atoms with Crippen molar-refractivity contribution in [3.8, 4) is 0 Å². The molecule has 1 aliphatic rings. The van der Waals surface area contributed by atoms with E-state index in [4.69, 9.17) is 14.0 Å². The van der Waals surface area contributed by atoms with E-state index in [0.717, 1.165) is 0 Å². The van der Waals surface area contributed by atoms with Crippen molar-refractivity contribution in [2.24, 2.45) is 0 Å². The molecular formula is C15H17O6P. The van der Waals surface area contributed by atoms with Gasteiger partial charge in [0, 0.05) is 12.4 Å². The molecule has 0 saturated heterocycles. The number of Topliss-reactive ketones (excluding diaryl/α,β-unsaturated/α-hetero) is 1. The Balaban J connectivity index is 2.73. The van der Waals surface area contributed by atoms with Crippen molar-refractivity contribution in [1.82, 2.24) is 0 Å². The zero-order valence-corrected chi connectivity index (χ0v) is 13.7. The van der Waals surface area contributed by atoms with Gasteiger partial charge in [-0.05, 0) is 26.0 Å². The maximum atomic E-state index is 13.3. The molecule has 0 saturated carbocycles. The van der Waals surface area contributed by atoms with Crippen LogP contribution in [0.15, 0.2) is 41.4 Å². The molecule has 6 nitrogen and oxygen atoms in total. The van der Waals surface area contributed by atoms with Crippen LogP contribution < -0.4 is 5.30 Å². The second kappa shape index (κ2) is 5.71. The highest BCUT2D eigenvalue weighted by molar-refractivity contribution is 7.72. The van der Waals surface area contributed by atoms with Gasteiger partial charge in [0.05, 0.1) is 7.11 Å². The number of hydrogen-bond donors (Lipinski definition) is 0. The van der Waals surface area contributed by atoms with Gasteiger partial charge in [0.2, 0.25) is 5.60 Å². The third kappa shape index (κ3) is 2.28. The summed E-state index contributed by atoms with van der Waals surface area (Å²) in [7, 11) is -1.18. The van der Waals surface area contributed by atoms with Crippen LogP contribution >= 0.6 is 7.37 Å². The predicted octanol–water partition coefficient (Wildman–Crippen LogP) is 2.00. The summed E-state index contributed by atoms with van der Waals surface area (Å²) in [5, 5.41) is 0.0909. The fourth-order valence-corrected chi connectivity index (χ4v) is 4.40. The third-order valence-electron chi connectivity index (χ3n) is 3.66. The molecule has 2 atom stereocenters. The van der Waals surface area contributed by atoms with E-state index in [1.165, 1.54) is 28.1 Å². The maximum absolute atomic E-state index is 13.3. The van der Waals surface area contributed by atoms with Crippen LogP contribution in [-0.2, 0) is 28.2 Å². The topological polar surface area (TPSA) is 78.9 Å². The highest BCUT2D eigenvalue weighted by Crippen LogP contribution is 2.58. The molecule has 0 amide bonds. The van der Waals surface area contributed by atoms with Gasteiger partial charge >= 0.3 is 5.97 Å². The van der Waals surface area contributed by atoms with Crippen LogP contribution in [0.5, 0.6) is 0 Å². The van der Waals surface area contributed by atoms with Crippen LogP contribution in [0.3, 0.4) is 0 Å². The molecule has 0 spiro atoms. The van der Waals surface area contributed by atoms with Crippen molar-refractivity contribution in [2.45, 2.75) is 19.4 Å². The van der Waals surface area contributed by atoms with Crippen LogP contribution in [0.2, 0.25) is 0 Å². The van der Waals surface area contributed by atoms with Gasteiger partial charge in [0.1, 0.15) is 0 Å². The molecule has 0 fully saturated rings. The predicted molar refractivity (Wildman–Crippen MR) is 79.9 cm³/mol. The number of cyclic esters (lactones) is 1. The summed E-state index contributed by atoms with van der Waals surface area (Å²) in [5.74, 6) is -1.37. The number of rotatable bonds is 5. The van der Waals surface area contributed by atoms with Gasteiger partial charge in [-0.3, -0.25) is 9.36 Å². The Morgan fingerprint density at radius 2 is 1.82 bits per heavy atom. The minimum atomic E-state index is -3.72. The summed E-state index contributed by atoms with van der Waals surface area (Å²) in [6.45, 7) is 2.68. The Labute approximate surface area is 128 Å². The number of benzene rings is 1. The first-order valence-electron chi connectivity index (χ1n) is 6.56. The number of hydrogen-bond acceptors (Lipinski definition) is 6. The lowest BCUT2D eigenvalue weighted by atomic mass is 10.0. The van der Waals surface area contributed by atoms with Crippen LogP contribution in [0, 0.1) is 0 Å². The van der Waals surface area contributed by atoms with Crippen molar-refractivity contribution in [2.75, 3.05) is 14.2 Å². The summed E-state index contributed by atoms with van der Waals surface area (Å²) >= 11 is 0. The Hall–Kier alpha value is -1.91. The van der Waals surface area contributed by atoms with Gasteiger partial charge in [-0.15, -0.1) is 0 Å². The molecule has 7 heteroatoms. The molecule has 118 valence electrons. The minimum Gasteiger partial charge on any atom is -0.495 e. The van der Waals surface area contributed by atoms with E-state index in [2.05, 4.69) is 0 Å². The van der Waals surface area contributed by atoms with E-state index < -0.39 is 24.7 Å². The second-order valence-corrected chi connectivity index (χ2v) is 7.36. The summed E-state index contributed by atoms with van der Waals surface area (Å²) in [6, 6.07) is 8.28. The first kappa shape index (κ1) is 16.5. The van der Waals surface area contributed by atoms with Crippen molar-refractivity contribution in [3.05, 3.63) is 41.4 Å². The summed E-state index contributed by atoms with van der Waals surface area (Å²) in [4.78, 5) is 24.1. The quantitative estimate of drug-likeness (QED) is 0.609. The average Bonchev–Trinajstić information content (AvgIpc) is 2.79. The zero-order valence-electron chi connectivity index (χ0n) is 12.8. The Bertz CT molecular complexity index is 693. The fourth-order valence-electron chi connectivity index (χ4n) is 2.33. The van der Waals surface area contributed by atoms with E-state index in [1.807, 2.05) is 0 Å². The summed E-state index contributed by atoms with van der Waals surface area (Å²) in [6.07, 6.45) is 0. The molecule has 0 aromatic heterocycles. The monoisotopic (exact) mass is 324 g/mol. The molecule has 0 N–H and O–H groups in total. The number of esters is 1. The molecule has 0 radical (unpaired) electrons. The Kier molecular flexibility index (Phi) is 4.27. The highest BCUT2D eigenvalue weighted by atomic mass is 31.2. The maximum Gasteiger partial charge on any atom is 0.349 e. The van der Waals surface area contributed by atoms with Crippen LogP contribution in [0.1, 0.15) is 13.8 Å². The van der Waals surface area contributed by atoms with E-state index >= 15 is 0 Å². The Morgan fingerprint density at radius 3 is 2.27 bits per heavy atom. The van der Waals surface area contributed by atoms with Crippen molar-refractivity contribution in [1.29, 1.82) is 0 Å². The fraction of sp³-hybridized carbons (Fsp3) is 0.333. The van der Waals surface area contributed by atoms with E-state index in [9.17, 15) is 14.2 Å². The summed E-state index contributed by atoms with van der Waals surface area (Å²) < 4.78 is 28.9. The number of ketones is 1. The van der Waals surface area contributed by atoms with Crippen LogP contribution in [0.4, 0.5) is 0 Å². The first-order valence-corrected chi connectivity index (χ1v) is 8.18. The van der Waals surface area contributed by atoms with Crippen LogP contribution in [0.25, 0.3) is 0 Å². The molecule has 1 aromatic rings. The van der Waals surface area contributed by atoms with Gasteiger partial charge in [0.15, 0.2) is 16.9 Å². The summed E-state index contributed by atoms with van der Waals surface area (Å²) in [5.41, 5.74) is -1.59. The zero-order chi connectivity index (χ0) is 16.5. The van der Waals surface area contributed by atoms with Gasteiger partial charge in [-0.2, -0.15) is 0 Å². The number of methoxy groups -OCH3 is 1. The molecule has 1 aliphatic heterocycles. The first-order chi connectivity index (χ1) is 10.3. The lowest BCUT2D eigenvalue weighted by Crippen LogP contribution is -2.36. The van der Waals surface area contributed by atoms with Gasteiger partial charge < -0.3 is 14.0 Å². The SMILES string of the molecule is COC1=C(P(=O)(OC)c2ccccc2)C(=O)OC1(C)C(C)=O. The van der Waals surface area contributed by atoms with Crippen LogP contribution in [-0.4, -0.2) is 31.6 Å². The lowest BCUT2D eigenvalue weighted by molar-refractivity contribution is -0.155. The molecule has 2 unspecified atom stereocenters. The molecule has 1 aromatic carbocycles. The highest BCUT2D eigenvalue weighted by Gasteiger charge is 2.55. The standard InChI is InChI=1S/C15H17O6P/c1-10(16)15(2)13(19-3)12(14(17)21-15)22(18,20-4)11-8-6-5-7-9-11/h5-9H,1-4H3. The molecule has 1 heterocycles. The Morgan fingerprint density at radius 1 is 1.23 bits per heavy atom. The van der Waals surface area contributed by atoms with E-state index in [1.54, 1.807) is 30.3 Å². The van der Waals surface area contributed by atoms with Crippen molar-refractivity contribution in [3.63, 3.8) is 0 Å². The minimum absolute atomic E-state index is 0.0703. The third-order valence-corrected chi connectivity index (χ3v) is 6.13.